The number of rotatable bonds is 7. The molecule has 1 saturated carbocycles. The minimum absolute atomic E-state index is 0.0286. The molecular weight excluding hydrogens is 304 g/mol. The number of Topliss-reactive ketones (excluding diaryl/α,β-unsaturated/α-hetero) is 2. The molecule has 0 aromatic heterocycles. The van der Waals surface area contributed by atoms with Crippen molar-refractivity contribution in [2.75, 3.05) is 7.11 Å². The van der Waals surface area contributed by atoms with Crippen molar-refractivity contribution in [1.82, 2.24) is 0 Å². The third-order valence-corrected chi connectivity index (χ3v) is 5.17. The van der Waals surface area contributed by atoms with Crippen LogP contribution in [0.25, 0.3) is 0 Å². The van der Waals surface area contributed by atoms with Crippen molar-refractivity contribution in [3.8, 4) is 5.75 Å². The van der Waals surface area contributed by atoms with E-state index in [2.05, 4.69) is 0 Å². The topological polar surface area (TPSA) is 63.6 Å². The first-order valence-electron chi connectivity index (χ1n) is 8.89. The molecule has 132 valence electrons. The molecule has 3 unspecified atom stereocenters. The third-order valence-electron chi connectivity index (χ3n) is 5.17. The van der Waals surface area contributed by atoms with Gasteiger partial charge in [-0.25, -0.2) is 0 Å². The van der Waals surface area contributed by atoms with Crippen molar-refractivity contribution in [2.45, 2.75) is 58.0 Å². The predicted molar refractivity (Wildman–Crippen MR) is 93.3 cm³/mol. The summed E-state index contributed by atoms with van der Waals surface area (Å²) in [6.07, 6.45) is 4.31. The summed E-state index contributed by atoms with van der Waals surface area (Å²) in [7, 11) is 1.56. The Bertz CT molecular complexity index is 578. The molecule has 0 spiro atoms. The first kappa shape index (κ1) is 18.7. The van der Waals surface area contributed by atoms with E-state index in [1.807, 2.05) is 13.8 Å². The van der Waals surface area contributed by atoms with Crippen molar-refractivity contribution >= 4 is 11.6 Å². The maximum absolute atomic E-state index is 13.0. The summed E-state index contributed by atoms with van der Waals surface area (Å²) in [6.45, 7) is 3.94. The van der Waals surface area contributed by atoms with Crippen LogP contribution >= 0.6 is 0 Å². The number of carbonyl (C=O) groups is 2. The number of hydrogen-bond acceptors (Lipinski definition) is 4. The van der Waals surface area contributed by atoms with Crippen LogP contribution in [0.15, 0.2) is 24.3 Å². The lowest BCUT2D eigenvalue weighted by Gasteiger charge is -2.39. The van der Waals surface area contributed by atoms with Crippen molar-refractivity contribution in [3.63, 3.8) is 0 Å². The van der Waals surface area contributed by atoms with E-state index in [1.165, 1.54) is 0 Å². The van der Waals surface area contributed by atoms with Crippen molar-refractivity contribution in [2.24, 2.45) is 11.8 Å². The highest BCUT2D eigenvalue weighted by Crippen LogP contribution is 2.39. The average molecular weight is 332 g/mol. The lowest BCUT2D eigenvalue weighted by molar-refractivity contribution is -0.136. The van der Waals surface area contributed by atoms with Crippen LogP contribution in [0, 0.1) is 11.8 Å². The highest BCUT2D eigenvalue weighted by molar-refractivity contribution is 6.05. The zero-order valence-electron chi connectivity index (χ0n) is 14.9. The largest absolute Gasteiger partial charge is 0.497 e. The first-order chi connectivity index (χ1) is 11.4. The molecule has 24 heavy (non-hydrogen) atoms. The predicted octanol–water partition coefficient (Wildman–Crippen LogP) is 3.80. The Balaban J connectivity index is 2.27. The highest BCUT2D eigenvalue weighted by atomic mass is 16.5. The molecule has 0 heterocycles. The molecule has 4 nitrogen and oxygen atoms in total. The van der Waals surface area contributed by atoms with Crippen molar-refractivity contribution < 1.29 is 19.4 Å². The molecule has 0 aliphatic heterocycles. The van der Waals surface area contributed by atoms with Crippen LogP contribution in [0.1, 0.15) is 62.7 Å². The summed E-state index contributed by atoms with van der Waals surface area (Å²) < 4.78 is 5.11. The minimum atomic E-state index is -1.58. The molecule has 1 fully saturated rings. The van der Waals surface area contributed by atoms with Crippen molar-refractivity contribution in [3.05, 3.63) is 29.8 Å². The molecule has 1 aliphatic rings. The number of ether oxygens (including phenoxy) is 1. The summed E-state index contributed by atoms with van der Waals surface area (Å²) in [6, 6.07) is 6.72. The molecule has 3 atom stereocenters. The monoisotopic (exact) mass is 332 g/mol. The Hall–Kier alpha value is -1.68. The van der Waals surface area contributed by atoms with Crippen LogP contribution in [0.3, 0.4) is 0 Å². The highest BCUT2D eigenvalue weighted by Gasteiger charge is 2.49. The van der Waals surface area contributed by atoms with Gasteiger partial charge < -0.3 is 9.84 Å². The van der Waals surface area contributed by atoms with Gasteiger partial charge in [0.2, 0.25) is 0 Å². The van der Waals surface area contributed by atoms with Gasteiger partial charge in [-0.1, -0.05) is 33.1 Å². The Labute approximate surface area is 144 Å². The first-order valence-corrected chi connectivity index (χ1v) is 8.89. The molecule has 0 amide bonds. The van der Waals surface area contributed by atoms with Crippen LogP contribution in [0.4, 0.5) is 0 Å². The molecular formula is C20H28O4. The second kappa shape index (κ2) is 7.93. The number of ketones is 2. The Morgan fingerprint density at radius 2 is 1.96 bits per heavy atom. The third kappa shape index (κ3) is 3.69. The second-order valence-electron chi connectivity index (χ2n) is 6.87. The van der Waals surface area contributed by atoms with Crippen molar-refractivity contribution in [1.29, 1.82) is 0 Å². The standard InChI is InChI=1S/C20H28O4/c1-4-7-14(2)18(21)17-8-5-6-13-20(17,23)19(22)15-9-11-16(24-3)12-10-15/h9-12,14,17,23H,4-8,13H2,1-3H3. The Morgan fingerprint density at radius 1 is 1.29 bits per heavy atom. The molecule has 0 bridgehead atoms. The second-order valence-corrected chi connectivity index (χ2v) is 6.87. The minimum Gasteiger partial charge on any atom is -0.497 e. The summed E-state index contributed by atoms with van der Waals surface area (Å²) >= 11 is 0. The molecule has 0 saturated heterocycles. The van der Waals surface area contributed by atoms with E-state index in [0.29, 0.717) is 24.2 Å². The van der Waals surface area contributed by atoms with Gasteiger partial charge in [0.1, 0.15) is 17.1 Å². The number of carbonyl (C=O) groups excluding carboxylic acids is 2. The maximum Gasteiger partial charge on any atom is 0.195 e. The molecule has 1 aliphatic carbocycles. The van der Waals surface area contributed by atoms with Gasteiger partial charge in [-0.15, -0.1) is 0 Å². The fourth-order valence-electron chi connectivity index (χ4n) is 3.72. The van der Waals surface area contributed by atoms with Gasteiger partial charge in [-0.05, 0) is 43.5 Å². The van der Waals surface area contributed by atoms with E-state index in [-0.39, 0.29) is 17.5 Å². The van der Waals surface area contributed by atoms with Crippen LogP contribution in [-0.2, 0) is 4.79 Å². The molecule has 1 N–H and O–H groups in total. The molecule has 1 aromatic carbocycles. The van der Waals surface area contributed by atoms with Gasteiger partial charge in [0.05, 0.1) is 13.0 Å². The van der Waals surface area contributed by atoms with Gasteiger partial charge >= 0.3 is 0 Å². The summed E-state index contributed by atoms with van der Waals surface area (Å²) in [4.78, 5) is 25.8. The molecule has 0 radical (unpaired) electrons. The van der Waals surface area contributed by atoms with Gasteiger partial charge in [0.15, 0.2) is 5.78 Å². The number of hydrogen-bond donors (Lipinski definition) is 1. The van der Waals surface area contributed by atoms with Gasteiger partial charge in [-0.2, -0.15) is 0 Å². The summed E-state index contributed by atoms with van der Waals surface area (Å²) in [5.41, 5.74) is -1.15. The fraction of sp³-hybridized carbons (Fsp3) is 0.600. The van der Waals surface area contributed by atoms with Gasteiger partial charge in [0, 0.05) is 11.5 Å². The summed E-state index contributed by atoms with van der Waals surface area (Å²) in [5.74, 6) is -0.366. The van der Waals surface area contributed by atoms with Crippen LogP contribution in [0.5, 0.6) is 5.75 Å². The smallest absolute Gasteiger partial charge is 0.195 e. The zero-order valence-corrected chi connectivity index (χ0v) is 14.9. The average Bonchev–Trinajstić information content (AvgIpc) is 2.61. The Morgan fingerprint density at radius 3 is 2.54 bits per heavy atom. The van der Waals surface area contributed by atoms with Gasteiger partial charge in [0.25, 0.3) is 0 Å². The molecule has 4 heteroatoms. The number of aliphatic hydroxyl groups is 1. The van der Waals surface area contributed by atoms with E-state index in [9.17, 15) is 14.7 Å². The maximum atomic E-state index is 13.0. The van der Waals surface area contributed by atoms with Crippen LogP contribution < -0.4 is 4.74 Å². The SMILES string of the molecule is CCCC(C)C(=O)C1CCCCC1(O)C(=O)c1ccc(OC)cc1. The van der Waals surface area contributed by atoms with E-state index in [1.54, 1.807) is 31.4 Å². The lowest BCUT2D eigenvalue weighted by atomic mass is 9.67. The zero-order chi connectivity index (χ0) is 17.7. The normalized spacial score (nSPS) is 25.1. The molecule has 2 rings (SSSR count). The van der Waals surface area contributed by atoms with E-state index in [0.717, 1.165) is 25.7 Å². The van der Waals surface area contributed by atoms with E-state index >= 15 is 0 Å². The number of methoxy groups -OCH3 is 1. The number of benzene rings is 1. The Kier molecular flexibility index (Phi) is 6.16. The van der Waals surface area contributed by atoms with Crippen LogP contribution in [-0.4, -0.2) is 29.4 Å². The van der Waals surface area contributed by atoms with E-state index < -0.39 is 11.5 Å². The fourth-order valence-corrected chi connectivity index (χ4v) is 3.72. The lowest BCUT2D eigenvalue weighted by Crippen LogP contribution is -2.52. The van der Waals surface area contributed by atoms with E-state index in [4.69, 9.17) is 4.74 Å². The van der Waals surface area contributed by atoms with Crippen LogP contribution in [0.2, 0.25) is 0 Å². The van der Waals surface area contributed by atoms with Gasteiger partial charge in [-0.3, -0.25) is 9.59 Å². The molecule has 1 aromatic rings. The quantitative estimate of drug-likeness (QED) is 0.771. The summed E-state index contributed by atoms with van der Waals surface area (Å²) in [5, 5.41) is 11.2.